The number of hydrogen-bond acceptors (Lipinski definition) is 4. The summed E-state index contributed by atoms with van der Waals surface area (Å²) in [5, 5.41) is 0. The van der Waals surface area contributed by atoms with E-state index in [2.05, 4.69) is 16.9 Å². The second-order valence-electron chi connectivity index (χ2n) is 6.07. The fourth-order valence-corrected chi connectivity index (χ4v) is 2.71. The zero-order valence-electron chi connectivity index (χ0n) is 15.6. The normalized spacial score (nSPS) is 11.3. The molecule has 0 N–H and O–H groups in total. The fraction of sp³-hybridized carbons (Fsp3) is 0.238. The maximum absolute atomic E-state index is 13.4. The van der Waals surface area contributed by atoms with Crippen LogP contribution in [-0.4, -0.2) is 16.5 Å². The number of benzene rings is 2. The lowest BCUT2D eigenvalue weighted by atomic mass is 10.1. The molecule has 0 radical (unpaired) electrons. The van der Waals surface area contributed by atoms with Crippen LogP contribution in [0.2, 0.25) is 0 Å². The second kappa shape index (κ2) is 8.29. The molecule has 3 aromatic rings. The number of rotatable bonds is 6. The molecule has 0 saturated carbocycles. The Labute approximate surface area is 161 Å². The Kier molecular flexibility index (Phi) is 5.82. The van der Waals surface area contributed by atoms with Crippen LogP contribution in [0, 0.1) is 0 Å². The molecule has 7 heteroatoms. The van der Waals surface area contributed by atoms with Crippen molar-refractivity contribution in [1.82, 2.24) is 9.97 Å². The maximum atomic E-state index is 13.4. The number of hydrogen-bond donors (Lipinski definition) is 0. The molecule has 1 aromatic heterocycles. The average Bonchev–Trinajstić information content (AvgIpc) is 2.69. The van der Waals surface area contributed by atoms with Gasteiger partial charge < -0.3 is 9.64 Å². The zero-order valence-corrected chi connectivity index (χ0v) is 15.6. The highest BCUT2D eigenvalue weighted by atomic mass is 19.4. The van der Waals surface area contributed by atoms with Crippen LogP contribution < -0.4 is 9.64 Å². The zero-order chi connectivity index (χ0) is 20.1. The van der Waals surface area contributed by atoms with Crippen molar-refractivity contribution in [3.05, 3.63) is 71.9 Å². The van der Waals surface area contributed by atoms with E-state index in [4.69, 9.17) is 4.74 Å². The van der Waals surface area contributed by atoms with Gasteiger partial charge in [0.05, 0.1) is 0 Å². The molecule has 1 heterocycles. The van der Waals surface area contributed by atoms with Crippen LogP contribution in [-0.2, 0) is 12.6 Å². The number of aromatic nitrogens is 2. The number of aryl methyl sites for hydroxylation is 1. The van der Waals surface area contributed by atoms with Crippen molar-refractivity contribution < 1.29 is 17.9 Å². The van der Waals surface area contributed by atoms with Gasteiger partial charge in [-0.1, -0.05) is 37.3 Å². The molecule has 28 heavy (non-hydrogen) atoms. The molecular formula is C21H20F3N3O. The first-order valence-corrected chi connectivity index (χ1v) is 8.96. The van der Waals surface area contributed by atoms with Crippen LogP contribution in [0.3, 0.4) is 0 Å². The van der Waals surface area contributed by atoms with Crippen molar-refractivity contribution in [2.75, 3.05) is 11.4 Å². The molecule has 0 bridgehead atoms. The molecule has 0 aliphatic heterocycles. The molecule has 0 aliphatic carbocycles. The fourth-order valence-electron chi connectivity index (χ4n) is 2.71. The third kappa shape index (κ3) is 4.42. The first kappa shape index (κ1) is 19.7. The lowest BCUT2D eigenvalue weighted by molar-refractivity contribution is -0.139. The molecule has 0 atom stereocenters. The minimum atomic E-state index is -4.62. The van der Waals surface area contributed by atoms with Gasteiger partial charge in [0.1, 0.15) is 11.3 Å². The highest BCUT2D eigenvalue weighted by Crippen LogP contribution is 2.38. The highest BCUT2D eigenvalue weighted by Gasteiger charge is 2.37. The molecule has 146 valence electrons. The van der Waals surface area contributed by atoms with Gasteiger partial charge in [-0.2, -0.15) is 18.2 Å². The average molecular weight is 387 g/mol. The summed E-state index contributed by atoms with van der Waals surface area (Å²) in [7, 11) is 0. The number of alkyl halides is 3. The minimum absolute atomic E-state index is 0.144. The lowest BCUT2D eigenvalue weighted by Gasteiger charge is -2.22. The number of para-hydroxylation sites is 1. The topological polar surface area (TPSA) is 38.2 Å². The molecule has 0 fully saturated rings. The molecule has 0 spiro atoms. The lowest BCUT2D eigenvalue weighted by Crippen LogP contribution is -2.20. The van der Waals surface area contributed by atoms with E-state index in [1.807, 2.05) is 31.2 Å². The van der Waals surface area contributed by atoms with E-state index < -0.39 is 17.6 Å². The first-order chi connectivity index (χ1) is 13.4. The number of ether oxygens (including phenoxy) is 1. The van der Waals surface area contributed by atoms with Gasteiger partial charge in [-0.15, -0.1) is 0 Å². The Hall–Kier alpha value is -3.09. The van der Waals surface area contributed by atoms with Crippen molar-refractivity contribution in [3.63, 3.8) is 0 Å². The van der Waals surface area contributed by atoms with Gasteiger partial charge in [-0.3, -0.25) is 0 Å². The SMILES string of the molecule is CCc1ccc(N(CC)c2ncc(C(F)(F)F)c(Oc3ccccc3)n2)cc1. The Morgan fingerprint density at radius 2 is 1.64 bits per heavy atom. The van der Waals surface area contributed by atoms with E-state index in [-0.39, 0.29) is 11.7 Å². The van der Waals surface area contributed by atoms with E-state index in [0.29, 0.717) is 6.54 Å². The summed E-state index contributed by atoms with van der Waals surface area (Å²) in [5.41, 5.74) is 0.948. The molecular weight excluding hydrogens is 367 g/mol. The minimum Gasteiger partial charge on any atom is -0.438 e. The summed E-state index contributed by atoms with van der Waals surface area (Å²) < 4.78 is 45.6. The number of halogens is 3. The van der Waals surface area contributed by atoms with Crippen molar-refractivity contribution in [3.8, 4) is 11.6 Å². The van der Waals surface area contributed by atoms with Crippen molar-refractivity contribution >= 4 is 11.6 Å². The van der Waals surface area contributed by atoms with Crippen LogP contribution >= 0.6 is 0 Å². The van der Waals surface area contributed by atoms with Crippen LogP contribution in [0.5, 0.6) is 11.6 Å². The van der Waals surface area contributed by atoms with Crippen LogP contribution in [0.25, 0.3) is 0 Å². The van der Waals surface area contributed by atoms with Gasteiger partial charge in [0, 0.05) is 18.4 Å². The molecule has 0 amide bonds. The van der Waals surface area contributed by atoms with E-state index in [9.17, 15) is 13.2 Å². The molecule has 0 unspecified atom stereocenters. The summed E-state index contributed by atoms with van der Waals surface area (Å²) in [4.78, 5) is 9.78. The van der Waals surface area contributed by atoms with Gasteiger partial charge in [0.15, 0.2) is 0 Å². The van der Waals surface area contributed by atoms with E-state index in [1.165, 1.54) is 5.56 Å². The summed E-state index contributed by atoms with van der Waals surface area (Å²) in [5.74, 6) is -0.106. The largest absolute Gasteiger partial charge is 0.438 e. The second-order valence-corrected chi connectivity index (χ2v) is 6.07. The Balaban J connectivity index is 2.01. The first-order valence-electron chi connectivity index (χ1n) is 8.96. The smallest absolute Gasteiger partial charge is 0.423 e. The predicted octanol–water partition coefficient (Wildman–Crippen LogP) is 6.01. The van der Waals surface area contributed by atoms with E-state index in [0.717, 1.165) is 18.3 Å². The van der Waals surface area contributed by atoms with E-state index >= 15 is 0 Å². The third-order valence-electron chi connectivity index (χ3n) is 4.22. The van der Waals surface area contributed by atoms with Crippen LogP contribution in [0.15, 0.2) is 60.8 Å². The highest BCUT2D eigenvalue weighted by molar-refractivity contribution is 5.58. The summed E-state index contributed by atoms with van der Waals surface area (Å²) >= 11 is 0. The van der Waals surface area contributed by atoms with Crippen molar-refractivity contribution in [2.24, 2.45) is 0 Å². The monoisotopic (exact) mass is 387 g/mol. The van der Waals surface area contributed by atoms with Crippen LogP contribution in [0.1, 0.15) is 25.0 Å². The summed E-state index contributed by atoms with van der Waals surface area (Å²) in [6.45, 7) is 4.42. The quantitative estimate of drug-likeness (QED) is 0.519. The van der Waals surface area contributed by atoms with E-state index in [1.54, 1.807) is 35.2 Å². The number of nitrogens with zero attached hydrogens (tertiary/aromatic N) is 3. The predicted molar refractivity (Wildman–Crippen MR) is 102 cm³/mol. The summed E-state index contributed by atoms with van der Waals surface area (Å²) in [6, 6.07) is 16.0. The Bertz CT molecular complexity index is 912. The molecule has 3 rings (SSSR count). The standard InChI is InChI=1S/C21H20F3N3O/c1-3-15-10-12-16(13-11-15)27(4-2)20-25-14-18(21(22,23)24)19(26-20)28-17-8-6-5-7-9-17/h5-14H,3-4H2,1-2H3. The third-order valence-corrected chi connectivity index (χ3v) is 4.22. The molecule has 0 saturated heterocycles. The van der Waals surface area contributed by atoms with Gasteiger partial charge in [0.25, 0.3) is 0 Å². The molecule has 4 nitrogen and oxygen atoms in total. The van der Waals surface area contributed by atoms with Gasteiger partial charge in [0.2, 0.25) is 11.8 Å². The molecule has 2 aromatic carbocycles. The Morgan fingerprint density at radius 3 is 2.21 bits per heavy atom. The maximum Gasteiger partial charge on any atom is 0.423 e. The van der Waals surface area contributed by atoms with Gasteiger partial charge in [-0.25, -0.2) is 4.98 Å². The Morgan fingerprint density at radius 1 is 0.964 bits per heavy atom. The van der Waals surface area contributed by atoms with Crippen molar-refractivity contribution in [1.29, 1.82) is 0 Å². The van der Waals surface area contributed by atoms with Crippen molar-refractivity contribution in [2.45, 2.75) is 26.4 Å². The van der Waals surface area contributed by atoms with Gasteiger partial charge >= 0.3 is 6.18 Å². The number of anilines is 2. The summed E-state index contributed by atoms with van der Waals surface area (Å²) in [6.07, 6.45) is -2.95. The van der Waals surface area contributed by atoms with Crippen LogP contribution in [0.4, 0.5) is 24.8 Å². The van der Waals surface area contributed by atoms with Gasteiger partial charge in [-0.05, 0) is 43.2 Å². The molecule has 0 aliphatic rings.